The van der Waals surface area contributed by atoms with Crippen LogP contribution < -0.4 is 5.32 Å². The van der Waals surface area contributed by atoms with E-state index in [-0.39, 0.29) is 5.92 Å². The first-order valence-corrected chi connectivity index (χ1v) is 6.17. The van der Waals surface area contributed by atoms with Crippen LogP contribution in [0.3, 0.4) is 0 Å². The molecule has 0 fully saturated rings. The molecule has 19 heavy (non-hydrogen) atoms. The van der Waals surface area contributed by atoms with Gasteiger partial charge in [0.2, 0.25) is 0 Å². The van der Waals surface area contributed by atoms with Crippen molar-refractivity contribution < 1.29 is 19.1 Å². The molecule has 0 aromatic carbocycles. The number of furan rings is 1. The Hall–Kier alpha value is -1.98. The smallest absolute Gasteiger partial charge is 0.326 e. The van der Waals surface area contributed by atoms with Crippen molar-refractivity contribution in [1.82, 2.24) is 10.2 Å². The van der Waals surface area contributed by atoms with Crippen molar-refractivity contribution in [3.63, 3.8) is 0 Å². The molecule has 1 rings (SSSR count). The maximum absolute atomic E-state index is 11.9. The topological polar surface area (TPSA) is 82.8 Å². The Balaban J connectivity index is 2.53. The number of nitrogens with zero attached hydrogens (tertiary/aromatic N) is 1. The maximum atomic E-state index is 11.9. The fraction of sp³-hybridized carbons (Fsp3) is 0.538. The van der Waals surface area contributed by atoms with Crippen LogP contribution in [0.1, 0.15) is 26.0 Å². The second-order valence-electron chi connectivity index (χ2n) is 4.91. The summed E-state index contributed by atoms with van der Waals surface area (Å²) in [6.45, 7) is 4.12. The monoisotopic (exact) mass is 268 g/mol. The van der Waals surface area contributed by atoms with Crippen molar-refractivity contribution in [3.8, 4) is 0 Å². The van der Waals surface area contributed by atoms with E-state index in [1.54, 1.807) is 19.2 Å². The summed E-state index contributed by atoms with van der Waals surface area (Å²) in [5.74, 6) is -0.182. The van der Waals surface area contributed by atoms with Crippen LogP contribution in [0.2, 0.25) is 0 Å². The minimum Gasteiger partial charge on any atom is -0.480 e. The number of carbonyl (C=O) groups is 2. The quantitative estimate of drug-likeness (QED) is 0.825. The second kappa shape index (κ2) is 6.82. The van der Waals surface area contributed by atoms with E-state index >= 15 is 0 Å². The summed E-state index contributed by atoms with van der Waals surface area (Å²) in [5.41, 5.74) is 0. The summed E-state index contributed by atoms with van der Waals surface area (Å²) in [6, 6.07) is 2.20. The van der Waals surface area contributed by atoms with E-state index in [1.165, 1.54) is 11.2 Å². The van der Waals surface area contributed by atoms with E-state index in [4.69, 9.17) is 9.52 Å². The molecule has 6 heteroatoms. The van der Waals surface area contributed by atoms with Crippen LogP contribution in [0.5, 0.6) is 0 Å². The Bertz CT molecular complexity index is 414. The predicted molar refractivity (Wildman–Crippen MR) is 69.6 cm³/mol. The highest BCUT2D eigenvalue weighted by Crippen LogP contribution is 2.07. The predicted octanol–water partition coefficient (Wildman–Crippen LogP) is 1.92. The SMILES string of the molecule is CC(C)CC(NC(=O)N(C)Cc1ccco1)C(=O)O. The Morgan fingerprint density at radius 1 is 1.47 bits per heavy atom. The molecular formula is C13H20N2O4. The van der Waals surface area contributed by atoms with Gasteiger partial charge in [0, 0.05) is 7.05 Å². The van der Waals surface area contributed by atoms with Crippen molar-refractivity contribution in [3.05, 3.63) is 24.2 Å². The first kappa shape index (κ1) is 15.1. The first-order chi connectivity index (χ1) is 8.90. The minimum absolute atomic E-state index is 0.191. The molecule has 0 saturated heterocycles. The van der Waals surface area contributed by atoms with E-state index in [0.717, 1.165) is 0 Å². The number of carboxylic acids is 1. The van der Waals surface area contributed by atoms with Crippen LogP contribution in [0.4, 0.5) is 4.79 Å². The fourth-order valence-corrected chi connectivity index (χ4v) is 1.66. The molecule has 106 valence electrons. The molecule has 0 radical (unpaired) electrons. The van der Waals surface area contributed by atoms with Gasteiger partial charge in [-0.3, -0.25) is 0 Å². The minimum atomic E-state index is -1.02. The van der Waals surface area contributed by atoms with E-state index in [2.05, 4.69) is 5.32 Å². The third-order valence-corrected chi connectivity index (χ3v) is 2.62. The van der Waals surface area contributed by atoms with E-state index in [0.29, 0.717) is 18.7 Å². The molecule has 1 atom stereocenters. The average Bonchev–Trinajstić information content (AvgIpc) is 2.79. The average molecular weight is 268 g/mol. The van der Waals surface area contributed by atoms with Crippen LogP contribution in [0.25, 0.3) is 0 Å². The molecule has 0 saturated carbocycles. The van der Waals surface area contributed by atoms with Crippen LogP contribution in [0, 0.1) is 5.92 Å². The van der Waals surface area contributed by atoms with Gasteiger partial charge in [0.25, 0.3) is 0 Å². The molecule has 0 bridgehead atoms. The number of hydrogen-bond acceptors (Lipinski definition) is 3. The Morgan fingerprint density at radius 3 is 2.63 bits per heavy atom. The highest BCUT2D eigenvalue weighted by atomic mass is 16.4. The molecule has 0 spiro atoms. The summed E-state index contributed by atoms with van der Waals surface area (Å²) in [4.78, 5) is 24.3. The van der Waals surface area contributed by atoms with Crippen LogP contribution in [0.15, 0.2) is 22.8 Å². The molecule has 6 nitrogen and oxygen atoms in total. The maximum Gasteiger partial charge on any atom is 0.326 e. The lowest BCUT2D eigenvalue weighted by Crippen LogP contribution is -2.46. The molecular weight excluding hydrogens is 248 g/mol. The lowest BCUT2D eigenvalue weighted by molar-refractivity contribution is -0.139. The van der Waals surface area contributed by atoms with Gasteiger partial charge in [-0.2, -0.15) is 0 Å². The molecule has 1 aromatic heterocycles. The van der Waals surface area contributed by atoms with Gasteiger partial charge in [0.15, 0.2) is 0 Å². The zero-order valence-electron chi connectivity index (χ0n) is 11.4. The number of urea groups is 1. The van der Waals surface area contributed by atoms with Crippen molar-refractivity contribution in [2.75, 3.05) is 7.05 Å². The van der Waals surface area contributed by atoms with Gasteiger partial charge in [-0.05, 0) is 24.5 Å². The third-order valence-electron chi connectivity index (χ3n) is 2.62. The fourth-order valence-electron chi connectivity index (χ4n) is 1.66. The van der Waals surface area contributed by atoms with Gasteiger partial charge < -0.3 is 19.7 Å². The third kappa shape index (κ3) is 5.03. The van der Waals surface area contributed by atoms with Crippen LogP contribution >= 0.6 is 0 Å². The number of amides is 2. The van der Waals surface area contributed by atoms with Gasteiger partial charge in [-0.15, -0.1) is 0 Å². The van der Waals surface area contributed by atoms with Crippen LogP contribution in [-0.2, 0) is 11.3 Å². The lowest BCUT2D eigenvalue weighted by atomic mass is 10.0. The highest BCUT2D eigenvalue weighted by molar-refractivity contribution is 5.82. The summed E-state index contributed by atoms with van der Waals surface area (Å²) < 4.78 is 5.13. The zero-order chi connectivity index (χ0) is 14.4. The summed E-state index contributed by atoms with van der Waals surface area (Å²) in [6.07, 6.45) is 1.93. The number of carbonyl (C=O) groups excluding carboxylic acids is 1. The van der Waals surface area contributed by atoms with Crippen molar-refractivity contribution in [2.24, 2.45) is 5.92 Å². The standard InChI is InChI=1S/C13H20N2O4/c1-9(2)7-11(12(16)17)14-13(18)15(3)8-10-5-4-6-19-10/h4-6,9,11H,7-8H2,1-3H3,(H,14,18)(H,16,17). The normalized spacial score (nSPS) is 12.2. The van der Waals surface area contributed by atoms with Gasteiger partial charge in [-0.25, -0.2) is 9.59 Å². The number of nitrogens with one attached hydrogen (secondary N) is 1. The molecule has 1 unspecified atom stereocenters. The summed E-state index contributed by atoms with van der Waals surface area (Å²) in [7, 11) is 1.59. The second-order valence-corrected chi connectivity index (χ2v) is 4.91. The Morgan fingerprint density at radius 2 is 2.16 bits per heavy atom. The number of rotatable bonds is 6. The summed E-state index contributed by atoms with van der Waals surface area (Å²) >= 11 is 0. The number of hydrogen-bond donors (Lipinski definition) is 2. The zero-order valence-corrected chi connectivity index (χ0v) is 11.4. The van der Waals surface area contributed by atoms with Crippen molar-refractivity contribution in [2.45, 2.75) is 32.9 Å². The van der Waals surface area contributed by atoms with Crippen molar-refractivity contribution >= 4 is 12.0 Å². The highest BCUT2D eigenvalue weighted by Gasteiger charge is 2.22. The van der Waals surface area contributed by atoms with Gasteiger partial charge in [-0.1, -0.05) is 13.8 Å². The van der Waals surface area contributed by atoms with E-state index in [9.17, 15) is 9.59 Å². The molecule has 0 aliphatic heterocycles. The first-order valence-electron chi connectivity index (χ1n) is 6.17. The lowest BCUT2D eigenvalue weighted by Gasteiger charge is -2.21. The molecule has 1 heterocycles. The molecule has 2 N–H and O–H groups in total. The van der Waals surface area contributed by atoms with Crippen molar-refractivity contribution in [1.29, 1.82) is 0 Å². The summed E-state index contributed by atoms with van der Waals surface area (Å²) in [5, 5.41) is 11.6. The van der Waals surface area contributed by atoms with E-state index in [1.807, 2.05) is 13.8 Å². The van der Waals surface area contributed by atoms with Crippen LogP contribution in [-0.4, -0.2) is 35.1 Å². The molecule has 2 amide bonds. The Labute approximate surface area is 112 Å². The molecule has 0 aliphatic carbocycles. The van der Waals surface area contributed by atoms with E-state index < -0.39 is 18.0 Å². The largest absolute Gasteiger partial charge is 0.480 e. The van der Waals surface area contributed by atoms with Gasteiger partial charge in [0.05, 0.1) is 12.8 Å². The Kier molecular flexibility index (Phi) is 5.41. The number of carboxylic acid groups (broad SMARTS) is 1. The molecule has 0 aliphatic rings. The van der Waals surface area contributed by atoms with Gasteiger partial charge in [0.1, 0.15) is 11.8 Å². The number of aliphatic carboxylic acids is 1. The van der Waals surface area contributed by atoms with Gasteiger partial charge >= 0.3 is 12.0 Å². The molecule has 1 aromatic rings.